The van der Waals surface area contributed by atoms with Crippen molar-refractivity contribution < 1.29 is 4.74 Å². The van der Waals surface area contributed by atoms with Gasteiger partial charge in [-0.25, -0.2) is 0 Å². The minimum Gasteiger partial charge on any atom is -0.493 e. The van der Waals surface area contributed by atoms with Gasteiger partial charge in [0.2, 0.25) is 0 Å². The van der Waals surface area contributed by atoms with E-state index in [9.17, 15) is 0 Å². The predicted octanol–water partition coefficient (Wildman–Crippen LogP) is 4.00. The molecule has 0 spiro atoms. The molecule has 1 fully saturated rings. The Morgan fingerprint density at radius 3 is 3.06 bits per heavy atom. The van der Waals surface area contributed by atoms with Crippen LogP contribution < -0.4 is 10.1 Å². The lowest BCUT2D eigenvalue weighted by atomic mass is 9.75. The lowest BCUT2D eigenvalue weighted by Crippen LogP contribution is -2.31. The van der Waals surface area contributed by atoms with E-state index in [1.165, 1.54) is 36.9 Å². The zero-order valence-electron chi connectivity index (χ0n) is 11.5. The molecule has 3 rings (SSSR count). The Kier molecular flexibility index (Phi) is 2.96. The summed E-state index contributed by atoms with van der Waals surface area (Å²) < 4.78 is 5.55. The second-order valence-corrected chi connectivity index (χ2v) is 6.52. The summed E-state index contributed by atoms with van der Waals surface area (Å²) in [5, 5.41) is 3.71. The molecule has 2 nitrogen and oxygen atoms in total. The van der Waals surface area contributed by atoms with Crippen molar-refractivity contribution in [1.82, 2.24) is 0 Å². The molecule has 1 saturated carbocycles. The first-order valence-corrected chi connectivity index (χ1v) is 7.15. The second kappa shape index (κ2) is 4.49. The Balaban J connectivity index is 1.69. The van der Waals surface area contributed by atoms with Gasteiger partial charge >= 0.3 is 0 Å². The van der Waals surface area contributed by atoms with Crippen LogP contribution >= 0.6 is 0 Å². The molecule has 0 amide bonds. The van der Waals surface area contributed by atoms with Crippen molar-refractivity contribution in [1.29, 1.82) is 0 Å². The highest BCUT2D eigenvalue weighted by molar-refractivity contribution is 5.53. The lowest BCUT2D eigenvalue weighted by molar-refractivity contribution is 0.229. The van der Waals surface area contributed by atoms with E-state index in [2.05, 4.69) is 37.4 Å². The molecule has 2 aliphatic rings. The number of hydrogen-bond donors (Lipinski definition) is 1. The zero-order valence-corrected chi connectivity index (χ0v) is 11.5. The van der Waals surface area contributed by atoms with Crippen molar-refractivity contribution in [2.45, 2.75) is 52.0 Å². The smallest absolute Gasteiger partial charge is 0.122 e. The van der Waals surface area contributed by atoms with Gasteiger partial charge in [-0.05, 0) is 48.4 Å². The van der Waals surface area contributed by atoms with Gasteiger partial charge in [0.05, 0.1) is 6.61 Å². The minimum absolute atomic E-state index is 0.496. The van der Waals surface area contributed by atoms with E-state index in [-0.39, 0.29) is 0 Å². The number of rotatable bonds is 2. The zero-order chi connectivity index (χ0) is 12.6. The van der Waals surface area contributed by atoms with Crippen molar-refractivity contribution in [2.75, 3.05) is 11.9 Å². The molecule has 0 aromatic heterocycles. The normalized spacial score (nSPS) is 25.3. The molecule has 1 aliphatic heterocycles. The number of anilines is 1. The molecule has 1 atom stereocenters. The van der Waals surface area contributed by atoms with Crippen LogP contribution in [0.5, 0.6) is 5.75 Å². The number of ether oxygens (including phenoxy) is 1. The second-order valence-electron chi connectivity index (χ2n) is 6.52. The predicted molar refractivity (Wildman–Crippen MR) is 75.3 cm³/mol. The number of hydrogen-bond acceptors (Lipinski definition) is 2. The largest absolute Gasteiger partial charge is 0.493 e. The van der Waals surface area contributed by atoms with Crippen LogP contribution in [0.1, 0.15) is 45.1 Å². The van der Waals surface area contributed by atoms with E-state index < -0.39 is 0 Å². The van der Waals surface area contributed by atoms with Gasteiger partial charge in [-0.15, -0.1) is 0 Å². The van der Waals surface area contributed by atoms with Crippen molar-refractivity contribution >= 4 is 5.69 Å². The van der Waals surface area contributed by atoms with E-state index in [0.717, 1.165) is 18.8 Å². The first-order chi connectivity index (χ1) is 8.62. The van der Waals surface area contributed by atoms with Gasteiger partial charge in [-0.1, -0.05) is 20.3 Å². The van der Waals surface area contributed by atoms with Gasteiger partial charge in [0.25, 0.3) is 0 Å². The Morgan fingerprint density at radius 2 is 2.22 bits per heavy atom. The maximum atomic E-state index is 5.55. The first kappa shape index (κ1) is 11.9. The van der Waals surface area contributed by atoms with Crippen molar-refractivity contribution in [3.8, 4) is 5.75 Å². The molecule has 0 bridgehead atoms. The molecule has 18 heavy (non-hydrogen) atoms. The molecule has 0 radical (unpaired) electrons. The van der Waals surface area contributed by atoms with Crippen LogP contribution in [0.4, 0.5) is 5.69 Å². The fourth-order valence-electron chi connectivity index (χ4n) is 3.33. The van der Waals surface area contributed by atoms with Crippen molar-refractivity contribution in [2.24, 2.45) is 5.41 Å². The monoisotopic (exact) mass is 245 g/mol. The van der Waals surface area contributed by atoms with Crippen LogP contribution in [-0.2, 0) is 6.42 Å². The van der Waals surface area contributed by atoms with Gasteiger partial charge in [0, 0.05) is 18.2 Å². The van der Waals surface area contributed by atoms with Crippen LogP contribution in [0.2, 0.25) is 0 Å². The van der Waals surface area contributed by atoms with Crippen LogP contribution in [-0.4, -0.2) is 12.6 Å². The highest BCUT2D eigenvalue weighted by Crippen LogP contribution is 2.37. The Morgan fingerprint density at radius 1 is 1.33 bits per heavy atom. The molecular weight excluding hydrogens is 222 g/mol. The van der Waals surface area contributed by atoms with Crippen LogP contribution in [0.3, 0.4) is 0 Å². The van der Waals surface area contributed by atoms with E-state index in [1.807, 2.05) is 0 Å². The molecule has 1 heterocycles. The van der Waals surface area contributed by atoms with E-state index >= 15 is 0 Å². The SMILES string of the molecule is CC1(C)CCCC(Nc2ccc3c(c2)CCO3)C1. The van der Waals surface area contributed by atoms with Crippen molar-refractivity contribution in [3.63, 3.8) is 0 Å². The number of benzene rings is 1. The summed E-state index contributed by atoms with van der Waals surface area (Å²) in [5.74, 6) is 1.07. The quantitative estimate of drug-likeness (QED) is 0.850. The molecule has 1 aliphatic carbocycles. The summed E-state index contributed by atoms with van der Waals surface area (Å²) in [7, 11) is 0. The Labute approximate surface area is 110 Å². The highest BCUT2D eigenvalue weighted by atomic mass is 16.5. The third-order valence-corrected chi connectivity index (χ3v) is 4.27. The third-order valence-electron chi connectivity index (χ3n) is 4.27. The summed E-state index contributed by atoms with van der Waals surface area (Å²) in [6.07, 6.45) is 6.35. The molecule has 0 saturated heterocycles. The van der Waals surface area contributed by atoms with E-state index in [4.69, 9.17) is 4.74 Å². The molecule has 1 aromatic carbocycles. The van der Waals surface area contributed by atoms with Crippen LogP contribution in [0, 0.1) is 5.41 Å². The first-order valence-electron chi connectivity index (χ1n) is 7.15. The summed E-state index contributed by atoms with van der Waals surface area (Å²) >= 11 is 0. The summed E-state index contributed by atoms with van der Waals surface area (Å²) in [6, 6.07) is 7.17. The molecule has 1 unspecified atom stereocenters. The van der Waals surface area contributed by atoms with Gasteiger partial charge in [-0.2, -0.15) is 0 Å². The van der Waals surface area contributed by atoms with Crippen molar-refractivity contribution in [3.05, 3.63) is 23.8 Å². The van der Waals surface area contributed by atoms with Gasteiger partial charge in [-0.3, -0.25) is 0 Å². The van der Waals surface area contributed by atoms with E-state index in [0.29, 0.717) is 11.5 Å². The average Bonchev–Trinajstić information content (AvgIpc) is 2.74. The minimum atomic E-state index is 0.496. The summed E-state index contributed by atoms with van der Waals surface area (Å²) in [6.45, 7) is 5.62. The van der Waals surface area contributed by atoms with E-state index in [1.54, 1.807) is 0 Å². The Bertz CT molecular complexity index is 439. The fourth-order valence-corrected chi connectivity index (χ4v) is 3.33. The number of nitrogens with one attached hydrogen (secondary N) is 1. The lowest BCUT2D eigenvalue weighted by Gasteiger charge is -2.36. The summed E-state index contributed by atoms with van der Waals surface area (Å²) in [5.41, 5.74) is 3.12. The fraction of sp³-hybridized carbons (Fsp3) is 0.625. The topological polar surface area (TPSA) is 21.3 Å². The maximum absolute atomic E-state index is 5.55. The van der Waals surface area contributed by atoms with Crippen LogP contribution in [0.15, 0.2) is 18.2 Å². The molecule has 98 valence electrons. The average molecular weight is 245 g/mol. The molecule has 2 heteroatoms. The standard InChI is InChI=1S/C16H23NO/c1-16(2)8-3-4-14(11-16)17-13-5-6-15-12(10-13)7-9-18-15/h5-6,10,14,17H,3-4,7-9,11H2,1-2H3. The third kappa shape index (κ3) is 2.47. The van der Waals surface area contributed by atoms with Crippen LogP contribution in [0.25, 0.3) is 0 Å². The van der Waals surface area contributed by atoms with Gasteiger partial charge < -0.3 is 10.1 Å². The van der Waals surface area contributed by atoms with Gasteiger partial charge in [0.15, 0.2) is 0 Å². The molecule has 1 N–H and O–H groups in total. The Hall–Kier alpha value is -1.18. The molecular formula is C16H23NO. The highest BCUT2D eigenvalue weighted by Gasteiger charge is 2.27. The number of fused-ring (bicyclic) bond motifs is 1. The van der Waals surface area contributed by atoms with Gasteiger partial charge in [0.1, 0.15) is 5.75 Å². The summed E-state index contributed by atoms with van der Waals surface area (Å²) in [4.78, 5) is 0. The maximum Gasteiger partial charge on any atom is 0.122 e. The molecule has 1 aromatic rings.